The molecule has 0 aromatic heterocycles. The van der Waals surface area contributed by atoms with Gasteiger partial charge in [-0.3, -0.25) is 4.79 Å². The van der Waals surface area contributed by atoms with Gasteiger partial charge in [0.25, 0.3) is 0 Å². The molecule has 39 heavy (non-hydrogen) atoms. The molecule has 1 aliphatic heterocycles. The minimum Gasteiger partial charge on any atom is -0.490 e. The van der Waals surface area contributed by atoms with E-state index in [-0.39, 0.29) is 24.4 Å². The van der Waals surface area contributed by atoms with Gasteiger partial charge in [-0.2, -0.15) is 0 Å². The molecule has 1 heterocycles. The molecule has 2 aliphatic rings. The van der Waals surface area contributed by atoms with E-state index in [1.165, 1.54) is 28.8 Å². The molecule has 0 spiro atoms. The average Bonchev–Trinajstić information content (AvgIpc) is 3.79. The van der Waals surface area contributed by atoms with E-state index in [9.17, 15) is 9.18 Å². The van der Waals surface area contributed by atoms with Gasteiger partial charge in [0.05, 0.1) is 10.5 Å². The van der Waals surface area contributed by atoms with Crippen LogP contribution >= 0.6 is 15.9 Å². The van der Waals surface area contributed by atoms with Crippen LogP contribution in [-0.2, 0) is 4.79 Å². The summed E-state index contributed by atoms with van der Waals surface area (Å²) in [6, 6.07) is 18.6. The second-order valence-electron chi connectivity index (χ2n) is 10.3. The first-order valence-corrected chi connectivity index (χ1v) is 14.3. The lowest BCUT2D eigenvalue weighted by Gasteiger charge is -2.26. The number of ether oxygens (including phenoxy) is 2. The van der Waals surface area contributed by atoms with E-state index in [1.54, 1.807) is 6.07 Å². The lowest BCUT2D eigenvalue weighted by atomic mass is 9.92. The van der Waals surface area contributed by atoms with Crippen LogP contribution in [0.1, 0.15) is 47.6 Å². The van der Waals surface area contributed by atoms with Crippen LogP contribution in [0, 0.1) is 25.6 Å². The Kier molecular flexibility index (Phi) is 8.68. The molecule has 0 radical (unpaired) electrons. The molecule has 0 bridgehead atoms. The predicted molar refractivity (Wildman–Crippen MR) is 155 cm³/mol. The number of carbonyl (C=O) groups is 1. The van der Waals surface area contributed by atoms with Crippen molar-refractivity contribution >= 4 is 27.4 Å². The average molecular weight is 594 g/mol. The first kappa shape index (κ1) is 27.4. The Labute approximate surface area is 237 Å². The third kappa shape index (κ3) is 6.71. The van der Waals surface area contributed by atoms with Gasteiger partial charge in [-0.25, -0.2) is 4.39 Å². The summed E-state index contributed by atoms with van der Waals surface area (Å²) in [6.45, 7) is 6.27. The Morgan fingerprint density at radius 2 is 1.85 bits per heavy atom. The van der Waals surface area contributed by atoms with Gasteiger partial charge in [0, 0.05) is 18.2 Å². The van der Waals surface area contributed by atoms with E-state index in [2.05, 4.69) is 58.6 Å². The largest absolute Gasteiger partial charge is 0.490 e. The first-order chi connectivity index (χ1) is 18.9. The number of carbonyl (C=O) groups excluding carboxylic acids is 1. The van der Waals surface area contributed by atoms with Crippen LogP contribution in [0.3, 0.4) is 0 Å². The number of hydrogen-bond donors (Lipinski definition) is 2. The van der Waals surface area contributed by atoms with Crippen LogP contribution in [0.4, 0.5) is 4.39 Å². The van der Waals surface area contributed by atoms with Crippen molar-refractivity contribution in [3.63, 3.8) is 0 Å². The fourth-order valence-electron chi connectivity index (χ4n) is 5.09. The van der Waals surface area contributed by atoms with Crippen LogP contribution in [-0.4, -0.2) is 32.2 Å². The highest BCUT2D eigenvalue weighted by molar-refractivity contribution is 9.10. The van der Waals surface area contributed by atoms with Crippen LogP contribution < -0.4 is 20.1 Å². The maximum Gasteiger partial charge on any atom is 0.249 e. The summed E-state index contributed by atoms with van der Waals surface area (Å²) < 4.78 is 25.6. The quantitative estimate of drug-likeness (QED) is 0.258. The maximum atomic E-state index is 13.6. The Balaban J connectivity index is 1.25. The molecule has 204 valence electrons. The Bertz CT molecular complexity index is 1370. The SMILES string of the molecule is Cc1cccc(C(NC(=O)C2=C(c3ccc(OCCOc4cc(F)ccc4Br)cc3)CCNC2)C2CC2)c1C. The molecule has 5 rings (SSSR count). The lowest BCUT2D eigenvalue weighted by molar-refractivity contribution is -0.118. The van der Waals surface area contributed by atoms with Crippen molar-refractivity contribution in [3.05, 3.63) is 98.8 Å². The highest BCUT2D eigenvalue weighted by atomic mass is 79.9. The number of halogens is 2. The van der Waals surface area contributed by atoms with E-state index in [0.717, 1.165) is 42.5 Å². The van der Waals surface area contributed by atoms with E-state index in [1.807, 2.05) is 24.3 Å². The van der Waals surface area contributed by atoms with Gasteiger partial charge < -0.3 is 20.1 Å². The minimum absolute atomic E-state index is 0.0102. The van der Waals surface area contributed by atoms with Gasteiger partial charge in [-0.1, -0.05) is 30.3 Å². The third-order valence-electron chi connectivity index (χ3n) is 7.56. The smallest absolute Gasteiger partial charge is 0.249 e. The van der Waals surface area contributed by atoms with Crippen molar-refractivity contribution in [1.29, 1.82) is 0 Å². The zero-order valence-electron chi connectivity index (χ0n) is 22.4. The molecule has 3 aromatic carbocycles. The molecule has 1 fully saturated rings. The van der Waals surface area contributed by atoms with Crippen molar-refractivity contribution in [2.45, 2.75) is 39.2 Å². The van der Waals surface area contributed by atoms with Crippen molar-refractivity contribution in [1.82, 2.24) is 10.6 Å². The van der Waals surface area contributed by atoms with Crippen molar-refractivity contribution in [2.75, 3.05) is 26.3 Å². The number of aryl methyl sites for hydroxylation is 1. The van der Waals surface area contributed by atoms with Gasteiger partial charge in [-0.15, -0.1) is 0 Å². The Hall–Kier alpha value is -3.16. The van der Waals surface area contributed by atoms with Crippen molar-refractivity contribution < 1.29 is 18.7 Å². The molecular formula is C32H34BrFN2O3. The zero-order chi connectivity index (χ0) is 27.4. The summed E-state index contributed by atoms with van der Waals surface area (Å²) in [4.78, 5) is 13.6. The molecule has 1 aliphatic carbocycles. The zero-order valence-corrected chi connectivity index (χ0v) is 23.9. The van der Waals surface area contributed by atoms with Gasteiger partial charge in [0.15, 0.2) is 0 Å². The van der Waals surface area contributed by atoms with E-state index >= 15 is 0 Å². The fourth-order valence-corrected chi connectivity index (χ4v) is 5.45. The Morgan fingerprint density at radius 1 is 1.08 bits per heavy atom. The van der Waals surface area contributed by atoms with E-state index in [4.69, 9.17) is 9.47 Å². The predicted octanol–water partition coefficient (Wildman–Crippen LogP) is 6.68. The van der Waals surface area contributed by atoms with Gasteiger partial charge in [0.1, 0.15) is 30.5 Å². The number of rotatable bonds is 10. The first-order valence-electron chi connectivity index (χ1n) is 13.5. The van der Waals surface area contributed by atoms with Gasteiger partial charge in [-0.05, 0) is 114 Å². The molecule has 7 heteroatoms. The van der Waals surface area contributed by atoms with Crippen LogP contribution in [0.5, 0.6) is 11.5 Å². The van der Waals surface area contributed by atoms with Crippen molar-refractivity contribution in [3.8, 4) is 11.5 Å². The molecular weight excluding hydrogens is 559 g/mol. The standard InChI is InChI=1S/C32H34BrFN2O3/c1-20-4-3-5-26(21(20)2)31(23-6-7-23)36-32(37)28-19-35-15-14-27(28)22-8-11-25(12-9-22)38-16-17-39-30-18-24(34)10-13-29(30)33/h3-5,8-13,18,23,31,35H,6-7,14-17,19H2,1-2H3,(H,36,37). The summed E-state index contributed by atoms with van der Waals surface area (Å²) in [5.41, 5.74) is 6.65. The second-order valence-corrected chi connectivity index (χ2v) is 11.1. The lowest BCUT2D eigenvalue weighted by Crippen LogP contribution is -2.37. The number of benzene rings is 3. The molecule has 3 aromatic rings. The monoisotopic (exact) mass is 592 g/mol. The van der Waals surface area contributed by atoms with Crippen LogP contribution in [0.25, 0.3) is 5.57 Å². The van der Waals surface area contributed by atoms with Gasteiger partial charge >= 0.3 is 0 Å². The highest BCUT2D eigenvalue weighted by Gasteiger charge is 2.35. The summed E-state index contributed by atoms with van der Waals surface area (Å²) in [5, 5.41) is 6.77. The second kappa shape index (κ2) is 12.3. The van der Waals surface area contributed by atoms with Gasteiger partial charge in [0.2, 0.25) is 5.91 Å². The van der Waals surface area contributed by atoms with Crippen LogP contribution in [0.15, 0.2) is 70.7 Å². The molecule has 5 nitrogen and oxygen atoms in total. The normalized spacial score (nSPS) is 16.1. The van der Waals surface area contributed by atoms with Crippen LogP contribution in [0.2, 0.25) is 0 Å². The fraction of sp³-hybridized carbons (Fsp3) is 0.344. The molecule has 2 N–H and O–H groups in total. The molecule has 1 unspecified atom stereocenters. The Morgan fingerprint density at radius 3 is 2.62 bits per heavy atom. The topological polar surface area (TPSA) is 59.6 Å². The summed E-state index contributed by atoms with van der Waals surface area (Å²) >= 11 is 3.36. The molecule has 0 saturated heterocycles. The van der Waals surface area contributed by atoms with E-state index < -0.39 is 0 Å². The minimum atomic E-state index is -0.349. The molecule has 1 saturated carbocycles. The maximum absolute atomic E-state index is 13.6. The summed E-state index contributed by atoms with van der Waals surface area (Å²) in [7, 11) is 0. The number of nitrogens with one attached hydrogen (secondary N) is 2. The highest BCUT2D eigenvalue weighted by Crippen LogP contribution is 2.42. The van der Waals surface area contributed by atoms with Crippen molar-refractivity contribution in [2.24, 2.45) is 5.92 Å². The third-order valence-corrected chi connectivity index (χ3v) is 8.21. The summed E-state index contributed by atoms with van der Waals surface area (Å²) in [5.74, 6) is 1.32. The number of hydrogen-bond acceptors (Lipinski definition) is 4. The number of amides is 1. The van der Waals surface area contributed by atoms with E-state index in [0.29, 0.717) is 35.0 Å². The molecule has 1 amide bonds. The summed E-state index contributed by atoms with van der Waals surface area (Å²) in [6.07, 6.45) is 3.08. The molecule has 1 atom stereocenters.